The molecule has 0 saturated carbocycles. The van der Waals surface area contributed by atoms with Gasteiger partial charge in [-0.3, -0.25) is 4.90 Å². The zero-order chi connectivity index (χ0) is 11.6. The first kappa shape index (κ1) is 11.9. The maximum absolute atomic E-state index is 12.8. The summed E-state index contributed by atoms with van der Waals surface area (Å²) in [6.07, 6.45) is 0. The van der Waals surface area contributed by atoms with Gasteiger partial charge in [-0.2, -0.15) is 4.39 Å². The molecule has 1 rings (SSSR count). The molecule has 1 aromatic heterocycles. The minimum atomic E-state index is -0.532. The number of hydrogen-bond donors (Lipinski definition) is 1. The standard InChI is InChI=1S/C11H18FN3/c1-7(2)15(4)8(3)9-5-6-10(12)14-11(9)13/h5-8H,1-4H3,(H2,13,14). The van der Waals surface area contributed by atoms with E-state index in [1.165, 1.54) is 6.07 Å². The SMILES string of the molecule is CC(C)N(C)C(C)c1ccc(F)nc1N. The highest BCUT2D eigenvalue weighted by molar-refractivity contribution is 5.40. The molecular formula is C11H18FN3. The van der Waals surface area contributed by atoms with Gasteiger partial charge >= 0.3 is 0 Å². The third-order valence-corrected chi connectivity index (χ3v) is 2.80. The first-order chi connectivity index (χ1) is 6.93. The number of nitrogens with zero attached hydrogens (tertiary/aromatic N) is 2. The highest BCUT2D eigenvalue weighted by atomic mass is 19.1. The summed E-state index contributed by atoms with van der Waals surface area (Å²) in [5.74, 6) is -0.259. The van der Waals surface area contributed by atoms with E-state index in [2.05, 4.69) is 23.7 Å². The minimum Gasteiger partial charge on any atom is -0.383 e. The van der Waals surface area contributed by atoms with Gasteiger partial charge in [-0.05, 0) is 40.0 Å². The van der Waals surface area contributed by atoms with Crippen LogP contribution in [0.3, 0.4) is 0 Å². The molecule has 1 unspecified atom stereocenters. The Morgan fingerprint density at radius 2 is 1.93 bits per heavy atom. The van der Waals surface area contributed by atoms with Crippen molar-refractivity contribution in [2.75, 3.05) is 12.8 Å². The lowest BCUT2D eigenvalue weighted by atomic mass is 10.1. The van der Waals surface area contributed by atoms with Gasteiger partial charge < -0.3 is 5.73 Å². The number of hydrogen-bond acceptors (Lipinski definition) is 3. The summed E-state index contributed by atoms with van der Waals surface area (Å²) in [6, 6.07) is 3.58. The van der Waals surface area contributed by atoms with Crippen LogP contribution in [0.4, 0.5) is 10.2 Å². The first-order valence-corrected chi connectivity index (χ1v) is 5.07. The molecule has 1 atom stereocenters. The predicted molar refractivity (Wildman–Crippen MR) is 59.9 cm³/mol. The lowest BCUT2D eigenvalue weighted by Crippen LogP contribution is -2.29. The van der Waals surface area contributed by atoms with Crippen LogP contribution in [0, 0.1) is 5.95 Å². The molecule has 0 radical (unpaired) electrons. The summed E-state index contributed by atoms with van der Waals surface area (Å²) in [4.78, 5) is 5.78. The summed E-state index contributed by atoms with van der Waals surface area (Å²) < 4.78 is 12.8. The molecule has 1 aromatic rings. The number of nitrogens with two attached hydrogens (primary N) is 1. The normalized spacial score (nSPS) is 13.5. The van der Waals surface area contributed by atoms with Crippen molar-refractivity contribution in [3.05, 3.63) is 23.6 Å². The van der Waals surface area contributed by atoms with E-state index in [0.717, 1.165) is 5.56 Å². The third kappa shape index (κ3) is 2.65. The molecule has 4 heteroatoms. The van der Waals surface area contributed by atoms with Crippen LogP contribution in [0.25, 0.3) is 0 Å². The molecule has 0 aliphatic carbocycles. The summed E-state index contributed by atoms with van der Waals surface area (Å²) in [6.45, 7) is 6.23. The molecule has 0 bridgehead atoms. The fourth-order valence-corrected chi connectivity index (χ4v) is 1.48. The second kappa shape index (κ2) is 4.57. The molecule has 0 saturated heterocycles. The van der Waals surface area contributed by atoms with Gasteiger partial charge in [0.15, 0.2) is 0 Å². The Balaban J connectivity index is 2.96. The third-order valence-electron chi connectivity index (χ3n) is 2.80. The topological polar surface area (TPSA) is 42.2 Å². The summed E-state index contributed by atoms with van der Waals surface area (Å²) in [5, 5.41) is 0. The zero-order valence-corrected chi connectivity index (χ0v) is 9.66. The number of halogens is 1. The second-order valence-corrected chi connectivity index (χ2v) is 4.04. The van der Waals surface area contributed by atoms with Crippen molar-refractivity contribution in [2.45, 2.75) is 32.9 Å². The number of pyridine rings is 1. The predicted octanol–water partition coefficient (Wildman–Crippen LogP) is 2.20. The number of anilines is 1. The Hall–Kier alpha value is -1.16. The Morgan fingerprint density at radius 3 is 2.40 bits per heavy atom. The molecule has 0 aliphatic heterocycles. The van der Waals surface area contributed by atoms with Crippen molar-refractivity contribution in [2.24, 2.45) is 0 Å². The maximum atomic E-state index is 12.8. The highest BCUT2D eigenvalue weighted by Crippen LogP contribution is 2.24. The van der Waals surface area contributed by atoms with Gasteiger partial charge in [-0.1, -0.05) is 0 Å². The van der Waals surface area contributed by atoms with E-state index < -0.39 is 5.95 Å². The smallest absolute Gasteiger partial charge is 0.214 e. The van der Waals surface area contributed by atoms with Crippen LogP contribution >= 0.6 is 0 Å². The van der Waals surface area contributed by atoms with Crippen LogP contribution in [0.1, 0.15) is 32.4 Å². The molecule has 0 fully saturated rings. The number of rotatable bonds is 3. The van der Waals surface area contributed by atoms with Gasteiger partial charge in [0.05, 0.1) is 0 Å². The lowest BCUT2D eigenvalue weighted by molar-refractivity contribution is 0.210. The monoisotopic (exact) mass is 211 g/mol. The molecule has 3 nitrogen and oxygen atoms in total. The second-order valence-electron chi connectivity index (χ2n) is 4.04. The lowest BCUT2D eigenvalue weighted by Gasteiger charge is -2.29. The molecule has 1 heterocycles. The van der Waals surface area contributed by atoms with E-state index in [-0.39, 0.29) is 11.9 Å². The van der Waals surface area contributed by atoms with Crippen LogP contribution in [0.5, 0.6) is 0 Å². The van der Waals surface area contributed by atoms with Crippen molar-refractivity contribution < 1.29 is 4.39 Å². The Morgan fingerprint density at radius 1 is 1.33 bits per heavy atom. The molecular weight excluding hydrogens is 193 g/mol. The molecule has 84 valence electrons. The van der Waals surface area contributed by atoms with E-state index in [0.29, 0.717) is 6.04 Å². The summed E-state index contributed by atoms with van der Waals surface area (Å²) >= 11 is 0. The van der Waals surface area contributed by atoms with E-state index in [1.54, 1.807) is 6.07 Å². The number of nitrogen functional groups attached to an aromatic ring is 1. The van der Waals surface area contributed by atoms with Gasteiger partial charge in [0.1, 0.15) is 5.82 Å². The Kier molecular flexibility index (Phi) is 3.63. The minimum absolute atomic E-state index is 0.137. The van der Waals surface area contributed by atoms with Crippen LogP contribution in [0.2, 0.25) is 0 Å². The van der Waals surface area contributed by atoms with Crippen LogP contribution in [0.15, 0.2) is 12.1 Å². The van der Waals surface area contributed by atoms with Crippen molar-refractivity contribution >= 4 is 5.82 Å². The van der Waals surface area contributed by atoms with Crippen molar-refractivity contribution in [1.82, 2.24) is 9.88 Å². The average molecular weight is 211 g/mol. The summed E-state index contributed by atoms with van der Waals surface area (Å²) in [5.41, 5.74) is 6.55. The van der Waals surface area contributed by atoms with E-state index in [9.17, 15) is 4.39 Å². The number of aromatic nitrogens is 1. The van der Waals surface area contributed by atoms with Gasteiger partial charge in [0.2, 0.25) is 5.95 Å². The molecule has 0 aromatic carbocycles. The fourth-order valence-electron chi connectivity index (χ4n) is 1.48. The van der Waals surface area contributed by atoms with E-state index in [4.69, 9.17) is 5.73 Å². The highest BCUT2D eigenvalue weighted by Gasteiger charge is 2.17. The Labute approximate surface area is 90.1 Å². The molecule has 2 N–H and O–H groups in total. The van der Waals surface area contributed by atoms with Gasteiger partial charge in [-0.15, -0.1) is 0 Å². The van der Waals surface area contributed by atoms with Crippen LogP contribution in [-0.2, 0) is 0 Å². The van der Waals surface area contributed by atoms with Crippen molar-refractivity contribution in [3.63, 3.8) is 0 Å². The van der Waals surface area contributed by atoms with Crippen molar-refractivity contribution in [1.29, 1.82) is 0 Å². The van der Waals surface area contributed by atoms with Crippen LogP contribution in [-0.4, -0.2) is 23.0 Å². The van der Waals surface area contributed by atoms with Gasteiger partial charge in [-0.25, -0.2) is 4.98 Å². The van der Waals surface area contributed by atoms with E-state index in [1.807, 2.05) is 14.0 Å². The molecule has 0 spiro atoms. The fraction of sp³-hybridized carbons (Fsp3) is 0.545. The Bertz CT molecular complexity index is 339. The van der Waals surface area contributed by atoms with E-state index >= 15 is 0 Å². The van der Waals surface area contributed by atoms with Crippen molar-refractivity contribution in [3.8, 4) is 0 Å². The van der Waals surface area contributed by atoms with Gasteiger partial charge in [0, 0.05) is 17.6 Å². The first-order valence-electron chi connectivity index (χ1n) is 5.07. The van der Waals surface area contributed by atoms with Gasteiger partial charge in [0.25, 0.3) is 0 Å². The largest absolute Gasteiger partial charge is 0.383 e. The molecule has 0 amide bonds. The average Bonchev–Trinajstić information content (AvgIpc) is 2.15. The quantitative estimate of drug-likeness (QED) is 0.779. The molecule has 15 heavy (non-hydrogen) atoms. The maximum Gasteiger partial charge on any atom is 0.214 e. The molecule has 0 aliphatic rings. The zero-order valence-electron chi connectivity index (χ0n) is 9.66. The summed E-state index contributed by atoms with van der Waals surface area (Å²) in [7, 11) is 2.01. The van der Waals surface area contributed by atoms with Crippen LogP contribution < -0.4 is 5.73 Å².